The molecule has 0 unspecified atom stereocenters. The van der Waals surface area contributed by atoms with Crippen molar-refractivity contribution in [1.82, 2.24) is 0 Å². The first-order valence-corrected chi connectivity index (χ1v) is 5.78. The molecule has 0 saturated heterocycles. The summed E-state index contributed by atoms with van der Waals surface area (Å²) in [7, 11) is 0. The number of anilines is 1. The average Bonchev–Trinajstić information content (AvgIpc) is 2.33. The van der Waals surface area contributed by atoms with E-state index in [1.807, 2.05) is 12.1 Å². The number of carbonyl (C=O) groups is 1. The van der Waals surface area contributed by atoms with Gasteiger partial charge in [0.15, 0.2) is 0 Å². The molecule has 0 bridgehead atoms. The van der Waals surface area contributed by atoms with Crippen LogP contribution in [0.5, 0.6) is 5.75 Å². The standard InChI is InChI=1S/C13H10BrNO2/c14-10-3-7-12(8-4-10)17-13(16)9-1-5-11(15)6-2-9/h1-8H,15H2. The van der Waals surface area contributed by atoms with Crippen LogP contribution in [-0.4, -0.2) is 5.97 Å². The van der Waals surface area contributed by atoms with Crippen LogP contribution in [0.15, 0.2) is 53.0 Å². The lowest BCUT2D eigenvalue weighted by Crippen LogP contribution is -2.08. The van der Waals surface area contributed by atoms with Crippen LogP contribution >= 0.6 is 15.9 Å². The van der Waals surface area contributed by atoms with Crippen molar-refractivity contribution in [3.8, 4) is 5.75 Å². The fourth-order valence-electron chi connectivity index (χ4n) is 1.29. The van der Waals surface area contributed by atoms with Gasteiger partial charge < -0.3 is 10.5 Å². The van der Waals surface area contributed by atoms with Crippen molar-refractivity contribution in [3.05, 3.63) is 58.6 Å². The van der Waals surface area contributed by atoms with Crippen molar-refractivity contribution in [2.45, 2.75) is 0 Å². The van der Waals surface area contributed by atoms with Crippen LogP contribution < -0.4 is 10.5 Å². The van der Waals surface area contributed by atoms with E-state index in [1.165, 1.54) is 0 Å². The molecular formula is C13H10BrNO2. The van der Waals surface area contributed by atoms with E-state index in [2.05, 4.69) is 15.9 Å². The summed E-state index contributed by atoms with van der Waals surface area (Å²) in [6.45, 7) is 0. The van der Waals surface area contributed by atoms with Crippen molar-refractivity contribution < 1.29 is 9.53 Å². The van der Waals surface area contributed by atoms with E-state index >= 15 is 0 Å². The molecule has 0 saturated carbocycles. The third-order valence-corrected chi connectivity index (χ3v) is 2.70. The summed E-state index contributed by atoms with van der Waals surface area (Å²) in [4.78, 5) is 11.7. The van der Waals surface area contributed by atoms with Gasteiger partial charge in [-0.15, -0.1) is 0 Å². The number of halogens is 1. The van der Waals surface area contributed by atoms with Gasteiger partial charge in [-0.1, -0.05) is 15.9 Å². The van der Waals surface area contributed by atoms with E-state index in [1.54, 1.807) is 36.4 Å². The highest BCUT2D eigenvalue weighted by Crippen LogP contribution is 2.17. The Kier molecular flexibility index (Phi) is 3.44. The van der Waals surface area contributed by atoms with E-state index in [0.717, 1.165) is 4.47 Å². The minimum atomic E-state index is -0.396. The lowest BCUT2D eigenvalue weighted by Gasteiger charge is -2.04. The maximum Gasteiger partial charge on any atom is 0.343 e. The highest BCUT2D eigenvalue weighted by molar-refractivity contribution is 9.10. The quantitative estimate of drug-likeness (QED) is 0.525. The van der Waals surface area contributed by atoms with Gasteiger partial charge in [-0.05, 0) is 48.5 Å². The molecule has 0 amide bonds. The van der Waals surface area contributed by atoms with E-state index in [-0.39, 0.29) is 0 Å². The van der Waals surface area contributed by atoms with Crippen molar-refractivity contribution >= 4 is 27.6 Å². The van der Waals surface area contributed by atoms with Gasteiger partial charge in [-0.25, -0.2) is 4.79 Å². The Bertz CT molecular complexity index is 520. The minimum absolute atomic E-state index is 0.396. The smallest absolute Gasteiger partial charge is 0.343 e. The Morgan fingerprint density at radius 1 is 1.00 bits per heavy atom. The number of hydrogen-bond acceptors (Lipinski definition) is 3. The van der Waals surface area contributed by atoms with E-state index in [4.69, 9.17) is 10.5 Å². The van der Waals surface area contributed by atoms with E-state index in [9.17, 15) is 4.79 Å². The SMILES string of the molecule is Nc1ccc(C(=O)Oc2ccc(Br)cc2)cc1. The molecular weight excluding hydrogens is 282 g/mol. The average molecular weight is 292 g/mol. The van der Waals surface area contributed by atoms with Crippen LogP contribution in [0.25, 0.3) is 0 Å². The normalized spacial score (nSPS) is 9.94. The monoisotopic (exact) mass is 291 g/mol. The molecule has 3 nitrogen and oxygen atoms in total. The Labute approximate surface area is 107 Å². The second-order valence-corrected chi connectivity index (χ2v) is 4.38. The molecule has 2 aromatic carbocycles. The highest BCUT2D eigenvalue weighted by Gasteiger charge is 2.07. The zero-order chi connectivity index (χ0) is 12.3. The molecule has 0 aliphatic carbocycles. The van der Waals surface area contributed by atoms with Crippen molar-refractivity contribution in [3.63, 3.8) is 0 Å². The Morgan fingerprint density at radius 2 is 1.59 bits per heavy atom. The zero-order valence-electron chi connectivity index (χ0n) is 8.89. The molecule has 86 valence electrons. The summed E-state index contributed by atoms with van der Waals surface area (Å²) in [5, 5.41) is 0. The van der Waals surface area contributed by atoms with Crippen LogP contribution in [0.3, 0.4) is 0 Å². The van der Waals surface area contributed by atoms with Gasteiger partial charge >= 0.3 is 5.97 Å². The highest BCUT2D eigenvalue weighted by atomic mass is 79.9. The fraction of sp³-hybridized carbons (Fsp3) is 0. The second-order valence-electron chi connectivity index (χ2n) is 3.47. The number of rotatable bonds is 2. The third kappa shape index (κ3) is 3.07. The molecule has 0 aliphatic heterocycles. The van der Waals surface area contributed by atoms with Crippen LogP contribution in [0.1, 0.15) is 10.4 Å². The molecule has 2 rings (SSSR count). The molecule has 4 heteroatoms. The van der Waals surface area contributed by atoms with Gasteiger partial charge in [0.25, 0.3) is 0 Å². The lowest BCUT2D eigenvalue weighted by atomic mass is 10.2. The van der Waals surface area contributed by atoms with Crippen molar-refractivity contribution in [2.24, 2.45) is 0 Å². The van der Waals surface area contributed by atoms with Gasteiger partial charge in [-0.3, -0.25) is 0 Å². The number of nitrogen functional groups attached to an aromatic ring is 1. The maximum absolute atomic E-state index is 11.7. The first kappa shape index (κ1) is 11.7. The summed E-state index contributed by atoms with van der Waals surface area (Å²) < 4.78 is 6.13. The summed E-state index contributed by atoms with van der Waals surface area (Å²) >= 11 is 3.31. The molecule has 0 radical (unpaired) electrons. The maximum atomic E-state index is 11.7. The number of hydrogen-bond donors (Lipinski definition) is 1. The Hall–Kier alpha value is -1.81. The Morgan fingerprint density at radius 3 is 2.18 bits per heavy atom. The van der Waals surface area contributed by atoms with Gasteiger partial charge in [0.1, 0.15) is 5.75 Å². The molecule has 0 spiro atoms. The van der Waals surface area contributed by atoms with Gasteiger partial charge in [0.05, 0.1) is 5.56 Å². The first-order valence-electron chi connectivity index (χ1n) is 4.98. The summed E-state index contributed by atoms with van der Waals surface area (Å²) in [6, 6.07) is 13.7. The molecule has 0 fully saturated rings. The predicted molar refractivity (Wildman–Crippen MR) is 70.0 cm³/mol. The number of ether oxygens (including phenoxy) is 1. The molecule has 0 heterocycles. The molecule has 0 aliphatic rings. The second kappa shape index (κ2) is 5.01. The Balaban J connectivity index is 2.11. The largest absolute Gasteiger partial charge is 0.423 e. The van der Waals surface area contributed by atoms with Gasteiger partial charge in [0.2, 0.25) is 0 Å². The molecule has 0 atom stereocenters. The fourth-order valence-corrected chi connectivity index (χ4v) is 1.55. The van der Waals surface area contributed by atoms with E-state index in [0.29, 0.717) is 17.0 Å². The molecule has 2 N–H and O–H groups in total. The van der Waals surface area contributed by atoms with Gasteiger partial charge in [-0.2, -0.15) is 0 Å². The number of carbonyl (C=O) groups excluding carboxylic acids is 1. The minimum Gasteiger partial charge on any atom is -0.423 e. The van der Waals surface area contributed by atoms with Crippen LogP contribution in [0.4, 0.5) is 5.69 Å². The van der Waals surface area contributed by atoms with Crippen LogP contribution in [0.2, 0.25) is 0 Å². The van der Waals surface area contributed by atoms with Crippen molar-refractivity contribution in [2.75, 3.05) is 5.73 Å². The van der Waals surface area contributed by atoms with Crippen LogP contribution in [0, 0.1) is 0 Å². The van der Waals surface area contributed by atoms with Crippen LogP contribution in [-0.2, 0) is 0 Å². The lowest BCUT2D eigenvalue weighted by molar-refractivity contribution is 0.0735. The van der Waals surface area contributed by atoms with Gasteiger partial charge in [0, 0.05) is 10.2 Å². The number of esters is 1. The molecule has 17 heavy (non-hydrogen) atoms. The molecule has 0 aromatic heterocycles. The number of benzene rings is 2. The number of nitrogens with two attached hydrogens (primary N) is 1. The first-order chi connectivity index (χ1) is 8.15. The van der Waals surface area contributed by atoms with Crippen molar-refractivity contribution in [1.29, 1.82) is 0 Å². The summed E-state index contributed by atoms with van der Waals surface area (Å²) in [5.41, 5.74) is 6.63. The van der Waals surface area contributed by atoms with E-state index < -0.39 is 5.97 Å². The molecule has 2 aromatic rings. The topological polar surface area (TPSA) is 52.3 Å². The predicted octanol–water partition coefficient (Wildman–Crippen LogP) is 3.25. The summed E-state index contributed by atoms with van der Waals surface area (Å²) in [5.74, 6) is 0.113. The third-order valence-electron chi connectivity index (χ3n) is 2.17. The summed E-state index contributed by atoms with van der Waals surface area (Å²) in [6.07, 6.45) is 0. The zero-order valence-corrected chi connectivity index (χ0v) is 10.5.